The fourth-order valence-electron chi connectivity index (χ4n) is 1.06. The van der Waals surface area contributed by atoms with Crippen LogP contribution in [0, 0.1) is 5.82 Å². The molecule has 0 saturated carbocycles. The van der Waals surface area contributed by atoms with Crippen molar-refractivity contribution in [3.63, 3.8) is 0 Å². The zero-order valence-electron chi connectivity index (χ0n) is 7.45. The first kappa shape index (κ1) is 13.3. The fourth-order valence-corrected chi connectivity index (χ4v) is 1.63. The van der Waals surface area contributed by atoms with Gasteiger partial charge in [0.05, 0.1) is 0 Å². The van der Waals surface area contributed by atoms with Gasteiger partial charge in [0.25, 0.3) is 6.43 Å². The monoisotopic (exact) mass is 307 g/mol. The van der Waals surface area contributed by atoms with Crippen molar-refractivity contribution in [3.05, 3.63) is 28.8 Å². The summed E-state index contributed by atoms with van der Waals surface area (Å²) in [6.07, 6.45) is -7.73. The summed E-state index contributed by atoms with van der Waals surface area (Å²) in [5.41, 5.74) is -3.36. The molecule has 0 aliphatic rings. The van der Waals surface area contributed by atoms with E-state index in [-0.39, 0.29) is 0 Å². The second-order valence-electron chi connectivity index (χ2n) is 2.79. The topological polar surface area (TPSA) is 12.9 Å². The van der Waals surface area contributed by atoms with Crippen molar-refractivity contribution in [2.75, 3.05) is 0 Å². The maximum atomic E-state index is 13.2. The summed E-state index contributed by atoms with van der Waals surface area (Å²) >= 11 is 2.66. The molecule has 0 unspecified atom stereocenters. The standard InChI is InChI=1S/C8H4BrF6N/c9-1-3-4(7(11)12)2-16-6(5(3)10)8(13,14)15/h2,7H,1H2. The maximum Gasteiger partial charge on any atom is 0.436 e. The zero-order valence-corrected chi connectivity index (χ0v) is 9.04. The molecular formula is C8H4BrF6N. The van der Waals surface area contributed by atoms with Gasteiger partial charge in [0.15, 0.2) is 11.5 Å². The third kappa shape index (κ3) is 2.47. The lowest BCUT2D eigenvalue weighted by molar-refractivity contribution is -0.143. The molecule has 0 spiro atoms. The van der Waals surface area contributed by atoms with Gasteiger partial charge in [-0.3, -0.25) is 0 Å². The van der Waals surface area contributed by atoms with Crippen LogP contribution >= 0.6 is 15.9 Å². The normalized spacial score (nSPS) is 12.2. The molecule has 0 amide bonds. The van der Waals surface area contributed by atoms with Crippen molar-refractivity contribution < 1.29 is 26.3 Å². The predicted octanol–water partition coefficient (Wildman–Crippen LogP) is 4.07. The molecule has 0 saturated heterocycles. The van der Waals surface area contributed by atoms with Crippen LogP contribution < -0.4 is 0 Å². The summed E-state index contributed by atoms with van der Waals surface area (Å²) in [5.74, 6) is -1.76. The summed E-state index contributed by atoms with van der Waals surface area (Å²) in [6, 6.07) is 0. The number of halogens is 7. The van der Waals surface area contributed by atoms with Gasteiger partial charge in [-0.1, -0.05) is 15.9 Å². The molecule has 0 aliphatic carbocycles. The quantitative estimate of drug-likeness (QED) is 0.593. The highest BCUT2D eigenvalue weighted by molar-refractivity contribution is 9.08. The molecule has 0 bridgehead atoms. The lowest BCUT2D eigenvalue weighted by atomic mass is 10.1. The van der Waals surface area contributed by atoms with Gasteiger partial charge in [-0.05, 0) is 0 Å². The Morgan fingerprint density at radius 2 is 1.88 bits per heavy atom. The first-order valence-electron chi connectivity index (χ1n) is 3.87. The van der Waals surface area contributed by atoms with Crippen molar-refractivity contribution >= 4 is 15.9 Å². The number of hydrogen-bond donors (Lipinski definition) is 0. The Morgan fingerprint density at radius 3 is 2.25 bits per heavy atom. The molecular weight excluding hydrogens is 304 g/mol. The molecule has 0 atom stereocenters. The molecule has 16 heavy (non-hydrogen) atoms. The van der Waals surface area contributed by atoms with Gasteiger partial charge in [-0.15, -0.1) is 0 Å². The Balaban J connectivity index is 3.41. The lowest BCUT2D eigenvalue weighted by Crippen LogP contribution is -2.14. The molecule has 1 aromatic heterocycles. The second kappa shape index (κ2) is 4.60. The summed E-state index contributed by atoms with van der Waals surface area (Å²) in [6.45, 7) is 0. The van der Waals surface area contributed by atoms with Crippen molar-refractivity contribution in [2.45, 2.75) is 17.9 Å². The van der Waals surface area contributed by atoms with Crippen molar-refractivity contribution in [3.8, 4) is 0 Å². The van der Waals surface area contributed by atoms with Gasteiger partial charge in [-0.25, -0.2) is 18.2 Å². The molecule has 1 rings (SSSR count). The summed E-state index contributed by atoms with van der Waals surface area (Å²) in [5, 5.41) is -0.440. The zero-order chi connectivity index (χ0) is 12.5. The van der Waals surface area contributed by atoms with Gasteiger partial charge >= 0.3 is 6.18 Å². The smallest absolute Gasteiger partial charge is 0.248 e. The minimum absolute atomic E-state index is 0.340. The van der Waals surface area contributed by atoms with Crippen LogP contribution in [0.15, 0.2) is 6.20 Å². The molecule has 0 aliphatic heterocycles. The molecule has 1 aromatic rings. The third-order valence-corrected chi connectivity index (χ3v) is 2.35. The number of nitrogens with zero attached hydrogens (tertiary/aromatic N) is 1. The summed E-state index contributed by atoms with van der Waals surface area (Å²) in [4.78, 5) is 2.68. The highest BCUT2D eigenvalue weighted by Gasteiger charge is 2.38. The Labute approximate surface area is 94.6 Å². The fraction of sp³-hybridized carbons (Fsp3) is 0.375. The van der Waals surface area contributed by atoms with E-state index in [0.717, 1.165) is 0 Å². The summed E-state index contributed by atoms with van der Waals surface area (Å²) in [7, 11) is 0. The number of aromatic nitrogens is 1. The third-order valence-electron chi connectivity index (χ3n) is 1.79. The summed E-state index contributed by atoms with van der Waals surface area (Å²) < 4.78 is 74.4. The Hall–Kier alpha value is -0.790. The van der Waals surface area contributed by atoms with Crippen LogP contribution in [-0.2, 0) is 11.5 Å². The van der Waals surface area contributed by atoms with Crippen LogP contribution in [0.1, 0.15) is 23.2 Å². The molecule has 0 fully saturated rings. The van der Waals surface area contributed by atoms with E-state index in [4.69, 9.17) is 0 Å². The average molecular weight is 308 g/mol. The molecule has 8 heteroatoms. The Kier molecular flexibility index (Phi) is 3.82. The van der Waals surface area contributed by atoms with Gasteiger partial charge in [0, 0.05) is 22.7 Å². The van der Waals surface area contributed by atoms with E-state index in [1.165, 1.54) is 0 Å². The minimum Gasteiger partial charge on any atom is -0.248 e. The second-order valence-corrected chi connectivity index (χ2v) is 3.35. The van der Waals surface area contributed by atoms with Crippen LogP contribution in [0.25, 0.3) is 0 Å². The first-order valence-corrected chi connectivity index (χ1v) is 4.99. The van der Waals surface area contributed by atoms with Gasteiger partial charge in [-0.2, -0.15) is 13.2 Å². The predicted molar refractivity (Wildman–Crippen MR) is 46.8 cm³/mol. The largest absolute Gasteiger partial charge is 0.436 e. The van der Waals surface area contributed by atoms with E-state index >= 15 is 0 Å². The molecule has 0 radical (unpaired) electrons. The lowest BCUT2D eigenvalue weighted by Gasteiger charge is -2.12. The van der Waals surface area contributed by atoms with E-state index in [2.05, 4.69) is 20.9 Å². The highest BCUT2D eigenvalue weighted by Crippen LogP contribution is 2.34. The van der Waals surface area contributed by atoms with E-state index < -0.39 is 40.6 Å². The van der Waals surface area contributed by atoms with Crippen molar-refractivity contribution in [1.82, 2.24) is 4.98 Å². The molecule has 0 aromatic carbocycles. The SMILES string of the molecule is Fc1c(C(F)(F)F)ncc(C(F)F)c1CBr. The Morgan fingerprint density at radius 1 is 1.31 bits per heavy atom. The van der Waals surface area contributed by atoms with Crippen LogP contribution in [-0.4, -0.2) is 4.98 Å². The molecule has 90 valence electrons. The van der Waals surface area contributed by atoms with E-state index in [0.29, 0.717) is 6.20 Å². The van der Waals surface area contributed by atoms with Gasteiger partial charge < -0.3 is 0 Å². The van der Waals surface area contributed by atoms with E-state index in [1.54, 1.807) is 0 Å². The maximum absolute atomic E-state index is 13.2. The average Bonchev–Trinajstić information content (AvgIpc) is 2.14. The van der Waals surface area contributed by atoms with Crippen LogP contribution in [0.4, 0.5) is 26.3 Å². The van der Waals surface area contributed by atoms with Gasteiger partial charge in [0.2, 0.25) is 0 Å². The van der Waals surface area contributed by atoms with Crippen LogP contribution in [0.5, 0.6) is 0 Å². The Bertz CT molecular complexity index is 389. The first-order chi connectivity index (χ1) is 7.29. The number of alkyl halides is 6. The van der Waals surface area contributed by atoms with Crippen LogP contribution in [0.3, 0.4) is 0 Å². The van der Waals surface area contributed by atoms with Crippen LogP contribution in [0.2, 0.25) is 0 Å². The van der Waals surface area contributed by atoms with E-state index in [9.17, 15) is 26.3 Å². The highest BCUT2D eigenvalue weighted by atomic mass is 79.9. The minimum atomic E-state index is -5.00. The number of pyridine rings is 1. The molecule has 1 heterocycles. The number of hydrogen-bond acceptors (Lipinski definition) is 1. The van der Waals surface area contributed by atoms with Crippen molar-refractivity contribution in [2.24, 2.45) is 0 Å². The molecule has 0 N–H and O–H groups in total. The van der Waals surface area contributed by atoms with E-state index in [1.807, 2.05) is 0 Å². The molecule has 1 nitrogen and oxygen atoms in total. The number of rotatable bonds is 2. The van der Waals surface area contributed by atoms with Crippen molar-refractivity contribution in [1.29, 1.82) is 0 Å². The van der Waals surface area contributed by atoms with Gasteiger partial charge in [0.1, 0.15) is 0 Å².